The summed E-state index contributed by atoms with van der Waals surface area (Å²) in [7, 11) is -2.82. The van der Waals surface area contributed by atoms with Crippen molar-refractivity contribution in [2.45, 2.75) is 51.0 Å². The van der Waals surface area contributed by atoms with Gasteiger partial charge in [0, 0.05) is 19.4 Å². The van der Waals surface area contributed by atoms with Gasteiger partial charge in [0.1, 0.15) is 0 Å². The van der Waals surface area contributed by atoms with E-state index in [1.54, 1.807) is 0 Å². The number of unbranched alkanes of at least 4 members (excludes halogenated alkanes) is 1. The molecule has 21 heavy (non-hydrogen) atoms. The fourth-order valence-corrected chi connectivity index (χ4v) is 2.70. The Hall–Kier alpha value is 0.140. The summed E-state index contributed by atoms with van der Waals surface area (Å²) in [6.45, 7) is 2.20. The minimum Gasteiger partial charge on any atom is -0.381 e. The number of hydrogen-bond acceptors (Lipinski definition) is 5. The molecule has 6 nitrogen and oxygen atoms in total. The Kier molecular flexibility index (Phi) is 12.7. The van der Waals surface area contributed by atoms with Crippen molar-refractivity contribution in [3.63, 3.8) is 0 Å². The highest BCUT2D eigenvalue weighted by Crippen LogP contribution is 2.29. The van der Waals surface area contributed by atoms with Gasteiger partial charge < -0.3 is 10.1 Å². The van der Waals surface area contributed by atoms with E-state index in [1.807, 2.05) is 7.11 Å². The summed E-state index contributed by atoms with van der Waals surface area (Å²) in [4.78, 5) is 0. The van der Waals surface area contributed by atoms with Crippen molar-refractivity contribution in [1.82, 2.24) is 5.32 Å². The van der Waals surface area contributed by atoms with Gasteiger partial charge in [-0.25, -0.2) is 0 Å². The van der Waals surface area contributed by atoms with Gasteiger partial charge in [0.25, 0.3) is 0 Å². The van der Waals surface area contributed by atoms with Crippen molar-refractivity contribution >= 4 is 23.0 Å². The lowest BCUT2D eigenvalue weighted by atomic mass is 9.84. The van der Waals surface area contributed by atoms with Crippen LogP contribution >= 0.6 is 12.6 Å². The molecule has 1 aliphatic carbocycles. The van der Waals surface area contributed by atoms with Gasteiger partial charge >= 0.3 is 10.4 Å². The number of methoxy groups -OCH3 is 1. The average molecular weight is 344 g/mol. The third-order valence-electron chi connectivity index (χ3n) is 3.63. The SMILES string of the molecule is COC1CCC(CCCCNCCS)CC1.O=S(=O)(O)O. The topological polar surface area (TPSA) is 95.9 Å². The van der Waals surface area contributed by atoms with Crippen molar-refractivity contribution in [2.24, 2.45) is 5.92 Å². The first-order valence-electron chi connectivity index (χ1n) is 7.41. The molecule has 1 saturated carbocycles. The maximum Gasteiger partial charge on any atom is 0.394 e. The molecular weight excluding hydrogens is 314 g/mol. The van der Waals surface area contributed by atoms with E-state index in [0.717, 1.165) is 24.8 Å². The highest BCUT2D eigenvalue weighted by atomic mass is 32.3. The van der Waals surface area contributed by atoms with Crippen molar-refractivity contribution < 1.29 is 22.3 Å². The predicted molar refractivity (Wildman–Crippen MR) is 87.5 cm³/mol. The zero-order chi connectivity index (χ0) is 16.1. The van der Waals surface area contributed by atoms with Gasteiger partial charge in [-0.3, -0.25) is 9.11 Å². The second-order valence-electron chi connectivity index (χ2n) is 5.30. The Bertz CT molecular complexity index is 321. The van der Waals surface area contributed by atoms with Crippen LogP contribution in [0.1, 0.15) is 44.9 Å². The molecule has 0 radical (unpaired) electrons. The van der Waals surface area contributed by atoms with E-state index >= 15 is 0 Å². The maximum absolute atomic E-state index is 8.74. The molecule has 0 heterocycles. The first-order chi connectivity index (χ1) is 9.86. The zero-order valence-corrected chi connectivity index (χ0v) is 14.4. The summed E-state index contributed by atoms with van der Waals surface area (Å²) in [5.74, 6) is 1.91. The molecule has 0 aromatic heterocycles. The van der Waals surface area contributed by atoms with Gasteiger partial charge in [0.15, 0.2) is 0 Å². The van der Waals surface area contributed by atoms with E-state index in [9.17, 15) is 0 Å². The van der Waals surface area contributed by atoms with Crippen molar-refractivity contribution in [3.05, 3.63) is 0 Å². The van der Waals surface area contributed by atoms with Crippen LogP contribution in [-0.4, -0.2) is 49.6 Å². The van der Waals surface area contributed by atoms with E-state index in [2.05, 4.69) is 17.9 Å². The summed E-state index contributed by atoms with van der Waals surface area (Å²) in [5, 5.41) is 3.39. The number of nitrogens with one attached hydrogen (secondary N) is 1. The molecule has 0 bridgehead atoms. The predicted octanol–water partition coefficient (Wildman–Crippen LogP) is 2.23. The zero-order valence-electron chi connectivity index (χ0n) is 12.7. The van der Waals surface area contributed by atoms with Crippen LogP contribution in [0, 0.1) is 5.92 Å². The van der Waals surface area contributed by atoms with Crippen LogP contribution in [0.25, 0.3) is 0 Å². The molecule has 1 fully saturated rings. The molecule has 1 aliphatic rings. The number of ether oxygens (including phenoxy) is 1. The van der Waals surface area contributed by atoms with Gasteiger partial charge in [-0.2, -0.15) is 21.0 Å². The lowest BCUT2D eigenvalue weighted by Gasteiger charge is -2.27. The first kappa shape index (κ1) is 21.1. The Morgan fingerprint density at radius 3 is 2.19 bits per heavy atom. The largest absolute Gasteiger partial charge is 0.394 e. The first-order valence-corrected chi connectivity index (χ1v) is 9.44. The molecule has 0 atom stereocenters. The average Bonchev–Trinajstić information content (AvgIpc) is 2.41. The lowest BCUT2D eigenvalue weighted by Crippen LogP contribution is -2.21. The second-order valence-corrected chi connectivity index (χ2v) is 6.64. The lowest BCUT2D eigenvalue weighted by molar-refractivity contribution is 0.0552. The summed E-state index contributed by atoms with van der Waals surface area (Å²) < 4.78 is 37.0. The minimum atomic E-state index is -4.67. The van der Waals surface area contributed by atoms with Gasteiger partial charge in [0.2, 0.25) is 0 Å². The van der Waals surface area contributed by atoms with Crippen LogP contribution in [0.3, 0.4) is 0 Å². The quantitative estimate of drug-likeness (QED) is 0.307. The third kappa shape index (κ3) is 16.3. The molecule has 128 valence electrons. The van der Waals surface area contributed by atoms with Crippen molar-refractivity contribution in [2.75, 3.05) is 26.0 Å². The van der Waals surface area contributed by atoms with Crippen LogP contribution in [0.5, 0.6) is 0 Å². The molecule has 1 rings (SSSR count). The van der Waals surface area contributed by atoms with Crippen LogP contribution in [0.15, 0.2) is 0 Å². The number of thiol groups is 1. The van der Waals surface area contributed by atoms with Crippen molar-refractivity contribution in [3.8, 4) is 0 Å². The third-order valence-corrected chi connectivity index (χ3v) is 3.86. The Morgan fingerprint density at radius 2 is 1.71 bits per heavy atom. The second kappa shape index (κ2) is 12.7. The highest BCUT2D eigenvalue weighted by Gasteiger charge is 2.19. The Balaban J connectivity index is 0.000000690. The Morgan fingerprint density at radius 1 is 1.14 bits per heavy atom. The molecule has 0 aromatic carbocycles. The minimum absolute atomic E-state index is 0.549. The maximum atomic E-state index is 8.74. The summed E-state index contributed by atoms with van der Waals surface area (Å²) >= 11 is 4.17. The molecule has 0 aliphatic heterocycles. The van der Waals surface area contributed by atoms with Gasteiger partial charge in [-0.15, -0.1) is 0 Å². The van der Waals surface area contributed by atoms with E-state index in [1.165, 1.54) is 44.9 Å². The van der Waals surface area contributed by atoms with E-state index < -0.39 is 10.4 Å². The summed E-state index contributed by atoms with van der Waals surface area (Å²) in [6, 6.07) is 0. The summed E-state index contributed by atoms with van der Waals surface area (Å²) in [5.41, 5.74) is 0. The molecule has 0 spiro atoms. The molecule has 0 aromatic rings. The molecular formula is C13H29NO5S2. The molecule has 0 unspecified atom stereocenters. The van der Waals surface area contributed by atoms with Crippen LogP contribution in [0.2, 0.25) is 0 Å². The van der Waals surface area contributed by atoms with E-state index in [-0.39, 0.29) is 0 Å². The van der Waals surface area contributed by atoms with Gasteiger partial charge in [-0.1, -0.05) is 12.8 Å². The fourth-order valence-electron chi connectivity index (χ4n) is 2.54. The van der Waals surface area contributed by atoms with Crippen LogP contribution in [0.4, 0.5) is 0 Å². The Labute approximate surface area is 134 Å². The van der Waals surface area contributed by atoms with Crippen LogP contribution < -0.4 is 5.32 Å². The fraction of sp³-hybridized carbons (Fsp3) is 1.00. The number of rotatable bonds is 8. The number of hydrogen-bond donors (Lipinski definition) is 4. The molecule has 8 heteroatoms. The standard InChI is InChI=1S/C13H27NOS.H2O4S/c1-15-13-7-5-12(6-8-13)4-2-3-9-14-10-11-16;1-5(2,3)4/h12-14,16H,2-11H2,1H3;(H2,1,2,3,4). The summed E-state index contributed by atoms with van der Waals surface area (Å²) in [6.07, 6.45) is 9.97. The highest BCUT2D eigenvalue weighted by molar-refractivity contribution is 7.80. The monoisotopic (exact) mass is 343 g/mol. The van der Waals surface area contributed by atoms with Crippen molar-refractivity contribution in [1.29, 1.82) is 0 Å². The van der Waals surface area contributed by atoms with E-state index in [0.29, 0.717) is 6.10 Å². The normalized spacial score (nSPS) is 22.5. The molecule has 0 amide bonds. The van der Waals surface area contributed by atoms with E-state index in [4.69, 9.17) is 22.3 Å². The molecule has 3 N–H and O–H groups in total. The van der Waals surface area contributed by atoms with Gasteiger partial charge in [0.05, 0.1) is 6.10 Å². The molecule has 0 saturated heterocycles. The van der Waals surface area contributed by atoms with Crippen LogP contribution in [-0.2, 0) is 15.1 Å². The smallest absolute Gasteiger partial charge is 0.381 e. The van der Waals surface area contributed by atoms with Gasteiger partial charge in [-0.05, 0) is 44.6 Å².